The molecule has 1 atom stereocenters. The van der Waals surface area contributed by atoms with Crippen molar-refractivity contribution in [1.29, 1.82) is 0 Å². The van der Waals surface area contributed by atoms with Crippen molar-refractivity contribution in [3.63, 3.8) is 0 Å². The van der Waals surface area contributed by atoms with Crippen molar-refractivity contribution >= 4 is 11.3 Å². The second-order valence-corrected chi connectivity index (χ2v) is 6.01. The number of nitrogens with zero attached hydrogens (tertiary/aromatic N) is 1. The fourth-order valence-corrected chi connectivity index (χ4v) is 2.74. The molecule has 1 heterocycles. The zero-order chi connectivity index (χ0) is 13.7. The van der Waals surface area contributed by atoms with Crippen LogP contribution in [0.5, 0.6) is 0 Å². The molecule has 1 aromatic carbocycles. The van der Waals surface area contributed by atoms with E-state index in [4.69, 9.17) is 0 Å². The molecule has 0 aliphatic rings. The number of aromatic nitrogens is 1. The van der Waals surface area contributed by atoms with Crippen LogP contribution in [0.2, 0.25) is 0 Å². The molecule has 19 heavy (non-hydrogen) atoms. The van der Waals surface area contributed by atoms with Gasteiger partial charge in [0.1, 0.15) is 0 Å². The molecule has 1 aromatic heterocycles. The number of hydrogen-bond donors (Lipinski definition) is 1. The highest BCUT2D eigenvalue weighted by molar-refractivity contribution is 7.09. The number of thiazole rings is 1. The molecule has 2 aromatic rings. The van der Waals surface area contributed by atoms with Crippen molar-refractivity contribution in [2.45, 2.75) is 46.2 Å². The largest absolute Gasteiger partial charge is 0.305 e. The molecule has 3 heteroatoms. The van der Waals surface area contributed by atoms with Gasteiger partial charge in [-0.1, -0.05) is 37.6 Å². The summed E-state index contributed by atoms with van der Waals surface area (Å²) in [5, 5.41) is 6.78. The quantitative estimate of drug-likeness (QED) is 0.851. The number of rotatable bonds is 6. The van der Waals surface area contributed by atoms with Crippen molar-refractivity contribution in [1.82, 2.24) is 10.3 Å². The first-order valence-electron chi connectivity index (χ1n) is 6.92. The number of benzene rings is 1. The number of hydrogen-bond acceptors (Lipinski definition) is 3. The van der Waals surface area contributed by atoms with Gasteiger partial charge in [-0.05, 0) is 31.4 Å². The Morgan fingerprint density at radius 3 is 2.58 bits per heavy atom. The van der Waals surface area contributed by atoms with Gasteiger partial charge in [0.05, 0.1) is 10.7 Å². The Labute approximate surface area is 119 Å². The Morgan fingerprint density at radius 1 is 1.26 bits per heavy atom. The first-order chi connectivity index (χ1) is 9.19. The monoisotopic (exact) mass is 274 g/mol. The van der Waals surface area contributed by atoms with Crippen LogP contribution < -0.4 is 5.32 Å². The van der Waals surface area contributed by atoms with E-state index in [0.29, 0.717) is 6.04 Å². The van der Waals surface area contributed by atoms with Crippen LogP contribution in [0.3, 0.4) is 0 Å². The van der Waals surface area contributed by atoms with E-state index in [9.17, 15) is 0 Å². The normalized spacial score (nSPS) is 12.6. The van der Waals surface area contributed by atoms with Crippen LogP contribution in [0.15, 0.2) is 29.6 Å². The molecule has 0 saturated heterocycles. The SMILES string of the molecule is CCCc1ccc(C(C)NCc2csc(C)n2)cc1. The van der Waals surface area contributed by atoms with Gasteiger partial charge in [0.2, 0.25) is 0 Å². The fraction of sp³-hybridized carbons (Fsp3) is 0.438. The Morgan fingerprint density at radius 2 is 2.00 bits per heavy atom. The molecule has 1 unspecified atom stereocenters. The smallest absolute Gasteiger partial charge is 0.0897 e. The third-order valence-electron chi connectivity index (χ3n) is 3.27. The molecule has 102 valence electrons. The highest BCUT2D eigenvalue weighted by atomic mass is 32.1. The molecule has 0 bridgehead atoms. The van der Waals surface area contributed by atoms with Crippen LogP contribution in [0.4, 0.5) is 0 Å². The summed E-state index contributed by atoms with van der Waals surface area (Å²) in [7, 11) is 0. The Hall–Kier alpha value is -1.19. The molecule has 0 fully saturated rings. The van der Waals surface area contributed by atoms with Crippen LogP contribution in [-0.4, -0.2) is 4.98 Å². The summed E-state index contributed by atoms with van der Waals surface area (Å²) in [6.45, 7) is 7.30. The second kappa shape index (κ2) is 6.83. The maximum absolute atomic E-state index is 4.47. The van der Waals surface area contributed by atoms with Crippen LogP contribution >= 0.6 is 11.3 Å². The molecule has 0 saturated carbocycles. The van der Waals surface area contributed by atoms with Crippen LogP contribution in [0.25, 0.3) is 0 Å². The van der Waals surface area contributed by atoms with Gasteiger partial charge in [0.15, 0.2) is 0 Å². The van der Waals surface area contributed by atoms with Gasteiger partial charge in [-0.15, -0.1) is 11.3 Å². The van der Waals surface area contributed by atoms with Gasteiger partial charge in [0, 0.05) is 18.0 Å². The van der Waals surface area contributed by atoms with Gasteiger partial charge in [-0.25, -0.2) is 4.98 Å². The maximum Gasteiger partial charge on any atom is 0.0897 e. The highest BCUT2D eigenvalue weighted by Gasteiger charge is 2.06. The summed E-state index contributed by atoms with van der Waals surface area (Å²) in [5.74, 6) is 0. The fourth-order valence-electron chi connectivity index (χ4n) is 2.13. The van der Waals surface area contributed by atoms with Crippen molar-refractivity contribution in [3.05, 3.63) is 51.5 Å². The van der Waals surface area contributed by atoms with Gasteiger partial charge < -0.3 is 5.32 Å². The summed E-state index contributed by atoms with van der Waals surface area (Å²) in [6, 6.07) is 9.30. The van der Waals surface area contributed by atoms with Crippen molar-refractivity contribution in [2.24, 2.45) is 0 Å². The minimum absolute atomic E-state index is 0.359. The minimum Gasteiger partial charge on any atom is -0.305 e. The van der Waals surface area contributed by atoms with E-state index in [1.807, 2.05) is 6.92 Å². The lowest BCUT2D eigenvalue weighted by atomic mass is 10.0. The van der Waals surface area contributed by atoms with E-state index in [1.54, 1.807) is 11.3 Å². The van der Waals surface area contributed by atoms with Crippen LogP contribution in [-0.2, 0) is 13.0 Å². The molecule has 1 N–H and O–H groups in total. The molecule has 0 amide bonds. The van der Waals surface area contributed by atoms with E-state index < -0.39 is 0 Å². The predicted octanol–water partition coefficient (Wildman–Crippen LogP) is 4.25. The maximum atomic E-state index is 4.47. The van der Waals surface area contributed by atoms with E-state index in [1.165, 1.54) is 24.0 Å². The minimum atomic E-state index is 0.359. The average molecular weight is 274 g/mol. The molecule has 0 spiro atoms. The van der Waals surface area contributed by atoms with E-state index in [2.05, 4.69) is 53.8 Å². The van der Waals surface area contributed by atoms with Crippen LogP contribution in [0.1, 0.15) is 48.1 Å². The van der Waals surface area contributed by atoms with Gasteiger partial charge in [-0.3, -0.25) is 0 Å². The first kappa shape index (κ1) is 14.2. The summed E-state index contributed by atoms with van der Waals surface area (Å²) >= 11 is 1.71. The Kier molecular flexibility index (Phi) is 5.11. The van der Waals surface area contributed by atoms with E-state index >= 15 is 0 Å². The predicted molar refractivity (Wildman–Crippen MR) is 82.5 cm³/mol. The van der Waals surface area contributed by atoms with Crippen molar-refractivity contribution in [2.75, 3.05) is 0 Å². The highest BCUT2D eigenvalue weighted by Crippen LogP contribution is 2.15. The van der Waals surface area contributed by atoms with Gasteiger partial charge >= 0.3 is 0 Å². The summed E-state index contributed by atoms with van der Waals surface area (Å²) in [4.78, 5) is 4.47. The molecule has 2 nitrogen and oxygen atoms in total. The summed E-state index contributed by atoms with van der Waals surface area (Å²) in [5.41, 5.74) is 3.90. The van der Waals surface area contributed by atoms with Crippen molar-refractivity contribution < 1.29 is 0 Å². The molecular weight excluding hydrogens is 252 g/mol. The summed E-state index contributed by atoms with van der Waals surface area (Å²) in [6.07, 6.45) is 2.37. The topological polar surface area (TPSA) is 24.9 Å². The molecule has 0 radical (unpaired) electrons. The third-order valence-corrected chi connectivity index (χ3v) is 4.10. The lowest BCUT2D eigenvalue weighted by molar-refractivity contribution is 0.568. The van der Waals surface area contributed by atoms with Gasteiger partial charge in [0.25, 0.3) is 0 Å². The zero-order valence-electron chi connectivity index (χ0n) is 11.9. The average Bonchev–Trinajstić information content (AvgIpc) is 2.83. The van der Waals surface area contributed by atoms with Crippen LogP contribution in [0, 0.1) is 6.92 Å². The Balaban J connectivity index is 1.90. The van der Waals surface area contributed by atoms with Crippen molar-refractivity contribution in [3.8, 4) is 0 Å². The van der Waals surface area contributed by atoms with Gasteiger partial charge in [-0.2, -0.15) is 0 Å². The lowest BCUT2D eigenvalue weighted by Crippen LogP contribution is -2.18. The molecular formula is C16H22N2S. The second-order valence-electron chi connectivity index (χ2n) is 4.95. The molecule has 0 aliphatic carbocycles. The van der Waals surface area contributed by atoms with E-state index in [-0.39, 0.29) is 0 Å². The number of aryl methyl sites for hydroxylation is 2. The lowest BCUT2D eigenvalue weighted by Gasteiger charge is -2.14. The standard InChI is InChI=1S/C16H22N2S/c1-4-5-14-6-8-15(9-7-14)12(2)17-10-16-11-19-13(3)18-16/h6-9,11-12,17H,4-5,10H2,1-3H3. The third kappa shape index (κ3) is 4.15. The Bertz CT molecular complexity index is 502. The number of nitrogens with one attached hydrogen (secondary N) is 1. The molecule has 0 aliphatic heterocycles. The molecule has 2 rings (SSSR count). The van der Waals surface area contributed by atoms with E-state index in [0.717, 1.165) is 17.2 Å². The first-order valence-corrected chi connectivity index (χ1v) is 7.80. The zero-order valence-corrected chi connectivity index (χ0v) is 12.8. The summed E-state index contributed by atoms with van der Waals surface area (Å²) < 4.78 is 0.